The van der Waals surface area contributed by atoms with Gasteiger partial charge in [0.05, 0.1) is 0 Å². The summed E-state index contributed by atoms with van der Waals surface area (Å²) < 4.78 is 0. The number of nitrogens with two attached hydrogens (primary N) is 3. The van der Waals surface area contributed by atoms with Crippen LogP contribution in [0.25, 0.3) is 22.4 Å². The molecular formula is C12H11N7Pb. The molecule has 0 atom stereocenters. The molecule has 6 N–H and O–H groups in total. The molecule has 3 rings (SSSR count). The van der Waals surface area contributed by atoms with E-state index < -0.39 is 0 Å². The number of benzene rings is 1. The standard InChI is InChI=1S/C12H11N7.Pb/c13-9-7(6-4-2-1-3-5-6)16-8-10(14)18-12(15)19-11(8)17-9;/h1-5H,(H6,13,14,15,17,18,19);. The molecule has 0 aliphatic rings. The molecule has 0 aliphatic heterocycles. The van der Waals surface area contributed by atoms with E-state index in [0.717, 1.165) is 5.56 Å². The van der Waals surface area contributed by atoms with Gasteiger partial charge in [-0.05, 0) is 0 Å². The number of anilines is 3. The molecule has 0 aliphatic carbocycles. The fourth-order valence-corrected chi connectivity index (χ4v) is 1.81. The van der Waals surface area contributed by atoms with Gasteiger partial charge < -0.3 is 17.2 Å². The summed E-state index contributed by atoms with van der Waals surface area (Å²) in [6.07, 6.45) is 0. The van der Waals surface area contributed by atoms with Gasteiger partial charge in [0.2, 0.25) is 5.95 Å². The fraction of sp³-hybridized carbons (Fsp3) is 0. The van der Waals surface area contributed by atoms with Crippen molar-refractivity contribution in [2.45, 2.75) is 0 Å². The van der Waals surface area contributed by atoms with Crippen molar-refractivity contribution in [3.8, 4) is 11.3 Å². The van der Waals surface area contributed by atoms with Gasteiger partial charge in [-0.2, -0.15) is 9.97 Å². The molecule has 1 aromatic carbocycles. The van der Waals surface area contributed by atoms with Crippen LogP contribution in [0.3, 0.4) is 0 Å². The first-order valence-electron chi connectivity index (χ1n) is 5.57. The van der Waals surface area contributed by atoms with E-state index in [2.05, 4.69) is 19.9 Å². The maximum atomic E-state index is 5.90. The molecule has 4 radical (unpaired) electrons. The van der Waals surface area contributed by atoms with Gasteiger partial charge in [0, 0.05) is 32.9 Å². The summed E-state index contributed by atoms with van der Waals surface area (Å²) in [6.45, 7) is 0. The number of hydrogen-bond acceptors (Lipinski definition) is 7. The van der Waals surface area contributed by atoms with E-state index >= 15 is 0 Å². The second kappa shape index (κ2) is 5.53. The van der Waals surface area contributed by atoms with Crippen molar-refractivity contribution < 1.29 is 0 Å². The van der Waals surface area contributed by atoms with Crippen LogP contribution in [-0.2, 0) is 0 Å². The van der Waals surface area contributed by atoms with Gasteiger partial charge in [0.25, 0.3) is 0 Å². The van der Waals surface area contributed by atoms with Crippen LogP contribution in [0.1, 0.15) is 0 Å². The summed E-state index contributed by atoms with van der Waals surface area (Å²) in [5.74, 6) is 0.509. The zero-order valence-electron chi connectivity index (χ0n) is 10.4. The Morgan fingerprint density at radius 3 is 2.15 bits per heavy atom. The molecule has 0 spiro atoms. The van der Waals surface area contributed by atoms with E-state index in [4.69, 9.17) is 17.2 Å². The van der Waals surface area contributed by atoms with Crippen LogP contribution in [0.2, 0.25) is 0 Å². The maximum Gasteiger partial charge on any atom is 0.224 e. The van der Waals surface area contributed by atoms with Crippen LogP contribution in [0, 0.1) is 0 Å². The van der Waals surface area contributed by atoms with E-state index in [-0.39, 0.29) is 44.9 Å². The predicted octanol–water partition coefficient (Wildman–Crippen LogP) is 0.453. The number of nitrogens with zero attached hydrogens (tertiary/aromatic N) is 4. The van der Waals surface area contributed by atoms with Crippen molar-refractivity contribution in [3.05, 3.63) is 30.3 Å². The Labute approximate surface area is 134 Å². The maximum absolute atomic E-state index is 5.90. The molecule has 98 valence electrons. The number of rotatable bonds is 1. The van der Waals surface area contributed by atoms with E-state index in [1.807, 2.05) is 30.3 Å². The van der Waals surface area contributed by atoms with Crippen LogP contribution in [0.5, 0.6) is 0 Å². The summed E-state index contributed by atoms with van der Waals surface area (Å²) in [7, 11) is 0. The third-order valence-electron chi connectivity index (χ3n) is 2.65. The quantitative estimate of drug-likeness (QED) is 0.450. The Morgan fingerprint density at radius 2 is 1.45 bits per heavy atom. The van der Waals surface area contributed by atoms with E-state index in [1.165, 1.54) is 0 Å². The van der Waals surface area contributed by atoms with Crippen LogP contribution in [-0.4, -0.2) is 47.2 Å². The Bertz CT molecular complexity index is 761. The predicted molar refractivity (Wildman–Crippen MR) is 79.6 cm³/mol. The molecule has 0 bridgehead atoms. The Hall–Kier alpha value is -2.04. The van der Waals surface area contributed by atoms with Gasteiger partial charge in [-0.3, -0.25) is 0 Å². The van der Waals surface area contributed by atoms with Crippen molar-refractivity contribution >= 4 is 56.0 Å². The van der Waals surface area contributed by atoms with Crippen molar-refractivity contribution in [2.24, 2.45) is 0 Å². The van der Waals surface area contributed by atoms with Crippen LogP contribution >= 0.6 is 0 Å². The summed E-state index contributed by atoms with van der Waals surface area (Å²) in [6, 6.07) is 9.47. The minimum atomic E-state index is 0. The summed E-state index contributed by atoms with van der Waals surface area (Å²) >= 11 is 0. The zero-order valence-corrected chi connectivity index (χ0v) is 14.3. The third-order valence-corrected chi connectivity index (χ3v) is 2.65. The first kappa shape index (κ1) is 14.4. The third kappa shape index (κ3) is 2.48. The molecule has 8 heteroatoms. The van der Waals surface area contributed by atoms with Crippen LogP contribution in [0.15, 0.2) is 30.3 Å². The molecule has 7 nitrogen and oxygen atoms in total. The second-order valence-corrected chi connectivity index (χ2v) is 3.96. The van der Waals surface area contributed by atoms with Crippen molar-refractivity contribution in [3.63, 3.8) is 0 Å². The SMILES string of the molecule is Nc1nc(N)c2nc(-c3ccccc3)c(N)nc2n1.[Pb]. The second-order valence-electron chi connectivity index (χ2n) is 3.96. The molecule has 2 heterocycles. The largest absolute Gasteiger partial charge is 0.382 e. The molecule has 0 fully saturated rings. The van der Waals surface area contributed by atoms with E-state index in [1.54, 1.807) is 0 Å². The average molecular weight is 460 g/mol. The van der Waals surface area contributed by atoms with Crippen LogP contribution < -0.4 is 17.2 Å². The molecular weight excluding hydrogens is 449 g/mol. The Kier molecular flexibility index (Phi) is 3.97. The summed E-state index contributed by atoms with van der Waals surface area (Å²) in [5.41, 5.74) is 19.3. The number of fused-ring (bicyclic) bond motifs is 1. The van der Waals surface area contributed by atoms with Crippen LogP contribution in [0.4, 0.5) is 17.6 Å². The van der Waals surface area contributed by atoms with Gasteiger partial charge in [0.1, 0.15) is 5.69 Å². The van der Waals surface area contributed by atoms with E-state index in [9.17, 15) is 0 Å². The first-order chi connectivity index (χ1) is 9.15. The van der Waals surface area contributed by atoms with Gasteiger partial charge in [0.15, 0.2) is 22.8 Å². The van der Waals surface area contributed by atoms with Gasteiger partial charge >= 0.3 is 0 Å². The Balaban J connectivity index is 0.00000147. The molecule has 0 unspecified atom stereocenters. The smallest absolute Gasteiger partial charge is 0.224 e. The van der Waals surface area contributed by atoms with Crippen molar-refractivity contribution in [1.29, 1.82) is 0 Å². The minimum Gasteiger partial charge on any atom is -0.382 e. The zero-order chi connectivity index (χ0) is 13.4. The number of hydrogen-bond donors (Lipinski definition) is 3. The van der Waals surface area contributed by atoms with Gasteiger partial charge in [-0.25, -0.2) is 9.97 Å². The summed E-state index contributed by atoms with van der Waals surface area (Å²) in [4.78, 5) is 16.4. The molecule has 0 saturated heterocycles. The molecule has 20 heavy (non-hydrogen) atoms. The molecule has 0 saturated carbocycles. The van der Waals surface area contributed by atoms with Gasteiger partial charge in [-0.1, -0.05) is 30.3 Å². The first-order valence-corrected chi connectivity index (χ1v) is 5.57. The molecule has 3 aromatic rings. The fourth-order valence-electron chi connectivity index (χ4n) is 1.81. The normalized spacial score (nSPS) is 10.2. The monoisotopic (exact) mass is 461 g/mol. The van der Waals surface area contributed by atoms with Crippen molar-refractivity contribution in [1.82, 2.24) is 19.9 Å². The van der Waals surface area contributed by atoms with Gasteiger partial charge in [-0.15, -0.1) is 0 Å². The van der Waals surface area contributed by atoms with E-state index in [0.29, 0.717) is 16.9 Å². The number of nitrogen functional groups attached to an aromatic ring is 3. The topological polar surface area (TPSA) is 130 Å². The van der Waals surface area contributed by atoms with Crippen molar-refractivity contribution in [2.75, 3.05) is 17.2 Å². The Morgan fingerprint density at radius 1 is 0.750 bits per heavy atom. The number of aromatic nitrogens is 4. The molecule has 0 amide bonds. The minimum absolute atomic E-state index is 0. The average Bonchev–Trinajstić information content (AvgIpc) is 2.38. The molecule has 2 aromatic heterocycles. The summed E-state index contributed by atoms with van der Waals surface area (Å²) in [5, 5.41) is 0.